The Balaban J connectivity index is 1.88. The first kappa shape index (κ1) is 21.2. The zero-order valence-electron chi connectivity index (χ0n) is 16.1. The van der Waals surface area contributed by atoms with E-state index in [4.69, 9.17) is 10.5 Å². The van der Waals surface area contributed by atoms with Gasteiger partial charge >= 0.3 is 5.97 Å². The summed E-state index contributed by atoms with van der Waals surface area (Å²) in [4.78, 5) is 40.9. The van der Waals surface area contributed by atoms with Gasteiger partial charge in [0, 0.05) is 6.26 Å². The van der Waals surface area contributed by atoms with Crippen LogP contribution in [0.3, 0.4) is 0 Å². The van der Waals surface area contributed by atoms with Crippen molar-refractivity contribution in [2.75, 3.05) is 6.26 Å². The number of rotatable bonds is 7. The van der Waals surface area contributed by atoms with Crippen molar-refractivity contribution in [3.8, 4) is 0 Å². The predicted molar refractivity (Wildman–Crippen MR) is 109 cm³/mol. The summed E-state index contributed by atoms with van der Waals surface area (Å²) < 4.78 is 29.3. The third-order valence-corrected chi connectivity index (χ3v) is 5.04. The van der Waals surface area contributed by atoms with Crippen molar-refractivity contribution in [3.63, 3.8) is 0 Å². The highest BCUT2D eigenvalue weighted by atomic mass is 32.2. The molecule has 0 fully saturated rings. The van der Waals surface area contributed by atoms with Crippen LogP contribution in [0.2, 0.25) is 0 Å². The Bertz CT molecular complexity index is 1300. The molecule has 9 nitrogen and oxygen atoms in total. The van der Waals surface area contributed by atoms with E-state index < -0.39 is 33.8 Å². The molecule has 0 radical (unpaired) electrons. The van der Waals surface area contributed by atoms with E-state index in [9.17, 15) is 22.8 Å². The smallest absolute Gasteiger partial charge is 0.338 e. The van der Waals surface area contributed by atoms with Gasteiger partial charge in [0.15, 0.2) is 15.7 Å². The molecule has 3 rings (SSSR count). The molecule has 0 saturated carbocycles. The van der Waals surface area contributed by atoms with E-state index in [2.05, 4.69) is 4.98 Å². The second-order valence-electron chi connectivity index (χ2n) is 6.75. The molecule has 1 amide bonds. The fourth-order valence-corrected chi connectivity index (χ4v) is 3.73. The molecule has 2 aromatic carbocycles. The molecule has 0 atom stereocenters. The van der Waals surface area contributed by atoms with Gasteiger partial charge < -0.3 is 10.5 Å². The molecule has 0 saturated heterocycles. The van der Waals surface area contributed by atoms with Crippen molar-refractivity contribution >= 4 is 32.6 Å². The molecular weight excluding hydrogens is 410 g/mol. The second-order valence-corrected chi connectivity index (χ2v) is 8.89. The van der Waals surface area contributed by atoms with Crippen LogP contribution in [0, 0.1) is 0 Å². The number of sulfone groups is 1. The zero-order chi connectivity index (χ0) is 21.9. The van der Waals surface area contributed by atoms with Crippen molar-refractivity contribution in [2.45, 2.75) is 18.9 Å². The van der Waals surface area contributed by atoms with Crippen LogP contribution in [-0.4, -0.2) is 36.1 Å². The summed E-state index contributed by atoms with van der Waals surface area (Å²) in [5.41, 5.74) is 5.76. The van der Waals surface area contributed by atoms with Gasteiger partial charge in [-0.1, -0.05) is 24.3 Å². The highest BCUT2D eigenvalue weighted by Gasteiger charge is 2.16. The van der Waals surface area contributed by atoms with Gasteiger partial charge in [-0.3, -0.25) is 14.2 Å². The molecule has 0 spiro atoms. The molecule has 0 unspecified atom stereocenters. The molecule has 0 aliphatic carbocycles. The Hall–Kier alpha value is -3.53. The first-order valence-corrected chi connectivity index (χ1v) is 10.9. The van der Waals surface area contributed by atoms with Crippen molar-refractivity contribution < 1.29 is 22.7 Å². The quantitative estimate of drug-likeness (QED) is 0.548. The predicted octanol–water partition coefficient (Wildman–Crippen LogP) is 0.783. The number of benzene rings is 2. The fourth-order valence-electron chi connectivity index (χ4n) is 2.95. The summed E-state index contributed by atoms with van der Waals surface area (Å²) in [6.07, 6.45) is 1.10. The van der Waals surface area contributed by atoms with Gasteiger partial charge in [0.1, 0.15) is 13.2 Å². The third-order valence-electron chi connectivity index (χ3n) is 4.18. The number of amides is 1. The number of para-hydroxylation sites is 1. The third kappa shape index (κ3) is 5.09. The lowest BCUT2D eigenvalue weighted by atomic mass is 10.1. The topological polar surface area (TPSA) is 138 Å². The summed E-state index contributed by atoms with van der Waals surface area (Å²) in [6, 6.07) is 12.6. The number of aromatic nitrogens is 2. The molecular formula is C20H19N3O6S. The van der Waals surface area contributed by atoms with Crippen LogP contribution >= 0.6 is 0 Å². The summed E-state index contributed by atoms with van der Waals surface area (Å²) in [6.45, 7) is -0.782. The molecule has 0 bridgehead atoms. The second kappa shape index (κ2) is 8.46. The van der Waals surface area contributed by atoms with E-state index in [0.717, 1.165) is 10.8 Å². The largest absolute Gasteiger partial charge is 0.454 e. The van der Waals surface area contributed by atoms with Crippen molar-refractivity contribution in [2.24, 2.45) is 5.73 Å². The van der Waals surface area contributed by atoms with Crippen molar-refractivity contribution in [3.05, 3.63) is 75.8 Å². The lowest BCUT2D eigenvalue weighted by molar-refractivity contribution is -0.118. The molecule has 30 heavy (non-hydrogen) atoms. The van der Waals surface area contributed by atoms with E-state index in [1.807, 2.05) is 0 Å². The Morgan fingerprint density at radius 1 is 1.13 bits per heavy atom. The number of hydrogen-bond donors (Lipinski definition) is 1. The van der Waals surface area contributed by atoms with E-state index in [0.29, 0.717) is 16.5 Å². The number of carbonyl (C=O) groups is 2. The van der Waals surface area contributed by atoms with Gasteiger partial charge in [0.25, 0.3) is 5.56 Å². The Kier molecular flexibility index (Phi) is 5.97. The van der Waals surface area contributed by atoms with E-state index in [1.54, 1.807) is 36.4 Å². The van der Waals surface area contributed by atoms with Crippen LogP contribution in [0.5, 0.6) is 0 Å². The first-order valence-electron chi connectivity index (χ1n) is 8.84. The molecule has 10 heteroatoms. The van der Waals surface area contributed by atoms with Crippen molar-refractivity contribution in [1.29, 1.82) is 0 Å². The van der Waals surface area contributed by atoms with E-state index in [-0.39, 0.29) is 23.7 Å². The minimum atomic E-state index is -3.26. The molecule has 1 aromatic heterocycles. The molecule has 0 aliphatic heterocycles. The number of esters is 1. The lowest BCUT2D eigenvalue weighted by Crippen LogP contribution is -2.32. The number of nitrogens with two attached hydrogens (primary N) is 1. The first-order chi connectivity index (χ1) is 14.1. The van der Waals surface area contributed by atoms with Gasteiger partial charge in [0.05, 0.1) is 22.2 Å². The average Bonchev–Trinajstić information content (AvgIpc) is 2.67. The number of carbonyl (C=O) groups excluding carboxylic acids is 2. The van der Waals surface area contributed by atoms with Gasteiger partial charge in [0.2, 0.25) is 5.91 Å². The highest BCUT2D eigenvalue weighted by molar-refractivity contribution is 7.89. The normalized spacial score (nSPS) is 11.4. The Morgan fingerprint density at radius 3 is 2.57 bits per heavy atom. The van der Waals surface area contributed by atoms with E-state index in [1.165, 1.54) is 12.1 Å². The number of nitrogens with zero attached hydrogens (tertiary/aromatic N) is 2. The lowest BCUT2D eigenvalue weighted by Gasteiger charge is -2.12. The average molecular weight is 429 g/mol. The summed E-state index contributed by atoms with van der Waals surface area (Å²) >= 11 is 0. The standard InChI is InChI=1S/C20H19N3O6S/c1-30(27,28)12-13-5-4-6-14(9-13)20(26)29-11-18-22-16-8-3-2-7-15(16)19(25)23(18)10-17(21)24/h2-9H,10-12H2,1H3,(H2,21,24). The van der Waals surface area contributed by atoms with Crippen LogP contribution in [0.4, 0.5) is 0 Å². The monoisotopic (exact) mass is 429 g/mol. The van der Waals surface area contributed by atoms with Gasteiger partial charge in [-0.15, -0.1) is 0 Å². The zero-order valence-corrected chi connectivity index (χ0v) is 16.9. The van der Waals surface area contributed by atoms with Crippen LogP contribution in [0.15, 0.2) is 53.3 Å². The van der Waals surface area contributed by atoms with Gasteiger partial charge in [-0.25, -0.2) is 18.2 Å². The van der Waals surface area contributed by atoms with Crippen LogP contribution < -0.4 is 11.3 Å². The van der Waals surface area contributed by atoms with Gasteiger partial charge in [-0.05, 0) is 29.8 Å². The summed E-state index contributed by atoms with van der Waals surface area (Å²) in [7, 11) is -3.26. The van der Waals surface area contributed by atoms with Crippen LogP contribution in [0.25, 0.3) is 10.9 Å². The van der Waals surface area contributed by atoms with E-state index >= 15 is 0 Å². The van der Waals surface area contributed by atoms with Gasteiger partial charge in [-0.2, -0.15) is 0 Å². The Morgan fingerprint density at radius 2 is 1.87 bits per heavy atom. The number of fused-ring (bicyclic) bond motifs is 1. The molecule has 1 heterocycles. The SMILES string of the molecule is CS(=O)(=O)Cc1cccc(C(=O)OCc2nc3ccccc3c(=O)n2CC(N)=O)c1. The highest BCUT2D eigenvalue weighted by Crippen LogP contribution is 2.12. The number of ether oxygens (including phenoxy) is 1. The minimum absolute atomic E-state index is 0.0677. The van der Waals surface area contributed by atoms with Crippen molar-refractivity contribution in [1.82, 2.24) is 9.55 Å². The molecule has 156 valence electrons. The molecule has 3 aromatic rings. The molecule has 0 aliphatic rings. The summed E-state index contributed by atoms with van der Waals surface area (Å²) in [5, 5.41) is 0.308. The number of hydrogen-bond acceptors (Lipinski definition) is 7. The van der Waals surface area contributed by atoms with Crippen LogP contribution in [-0.2, 0) is 38.3 Å². The minimum Gasteiger partial charge on any atom is -0.454 e. The molecule has 2 N–H and O–H groups in total. The maximum Gasteiger partial charge on any atom is 0.338 e. The maximum absolute atomic E-state index is 12.7. The summed E-state index contributed by atoms with van der Waals surface area (Å²) in [5.74, 6) is -1.61. The number of primary amides is 1. The fraction of sp³-hybridized carbons (Fsp3) is 0.200. The van der Waals surface area contributed by atoms with Crippen LogP contribution in [0.1, 0.15) is 21.7 Å². The maximum atomic E-state index is 12.7. The Labute approximate surface area is 172 Å².